The molecule has 0 aromatic carbocycles. The highest BCUT2D eigenvalue weighted by atomic mass is 35.5. The lowest BCUT2D eigenvalue weighted by molar-refractivity contribution is 1.20. The van der Waals surface area contributed by atoms with E-state index in [1.807, 2.05) is 18.4 Å². The molecule has 0 radical (unpaired) electrons. The Morgan fingerprint density at radius 1 is 1.31 bits per heavy atom. The van der Waals surface area contributed by atoms with Crippen LogP contribution in [0.1, 0.15) is 4.88 Å². The Morgan fingerprint density at radius 3 is 2.69 bits per heavy atom. The van der Waals surface area contributed by atoms with Crippen molar-refractivity contribution < 1.29 is 0 Å². The van der Waals surface area contributed by atoms with Gasteiger partial charge < -0.3 is 0 Å². The molecule has 0 unspecified atom stereocenters. The zero-order valence-corrected chi connectivity index (χ0v) is 8.56. The smallest absolute Gasteiger partial charge is 0.155 e. The van der Waals surface area contributed by atoms with Crippen LogP contribution in [0.3, 0.4) is 0 Å². The number of thiophene rings is 1. The molecule has 0 aliphatic carbocycles. The van der Waals surface area contributed by atoms with Crippen molar-refractivity contribution >= 4 is 22.9 Å². The van der Waals surface area contributed by atoms with Gasteiger partial charge in [-0.15, -0.1) is 11.3 Å². The minimum atomic E-state index is 0.462. The van der Waals surface area contributed by atoms with Gasteiger partial charge in [0, 0.05) is 22.8 Å². The van der Waals surface area contributed by atoms with Crippen LogP contribution in [0.5, 0.6) is 0 Å². The van der Waals surface area contributed by atoms with Crippen molar-refractivity contribution in [2.75, 3.05) is 0 Å². The number of halogens is 1. The largest absolute Gasteiger partial charge is 0.251 e. The molecular weight excluding hydrogens is 204 g/mol. The summed E-state index contributed by atoms with van der Waals surface area (Å²) < 4.78 is 0. The molecule has 2 rings (SSSR count). The maximum absolute atomic E-state index is 5.92. The summed E-state index contributed by atoms with van der Waals surface area (Å²) in [5.41, 5.74) is 1.84. The fourth-order valence-electron chi connectivity index (χ4n) is 1.13. The van der Waals surface area contributed by atoms with E-state index in [1.54, 1.807) is 23.7 Å². The van der Waals surface area contributed by atoms with Gasteiger partial charge in [0.2, 0.25) is 0 Å². The maximum Gasteiger partial charge on any atom is 0.155 e. The van der Waals surface area contributed by atoms with Crippen molar-refractivity contribution in [3.8, 4) is 11.3 Å². The normalized spacial score (nSPS) is 10.3. The molecule has 13 heavy (non-hydrogen) atoms. The van der Waals surface area contributed by atoms with Gasteiger partial charge in [-0.2, -0.15) is 0 Å². The summed E-state index contributed by atoms with van der Waals surface area (Å²) in [6.07, 6.45) is 3.24. The molecule has 0 bridgehead atoms. The van der Waals surface area contributed by atoms with E-state index in [9.17, 15) is 0 Å². The first-order valence-corrected chi connectivity index (χ1v) is 5.06. The Bertz CT molecular complexity index is 425. The van der Waals surface area contributed by atoms with Crippen LogP contribution < -0.4 is 0 Å². The third-order valence-corrected chi connectivity index (χ3v) is 2.89. The van der Waals surface area contributed by atoms with Gasteiger partial charge in [-0.3, -0.25) is 4.98 Å². The number of hydrogen-bond donors (Lipinski definition) is 0. The van der Waals surface area contributed by atoms with Crippen LogP contribution in [0, 0.1) is 6.92 Å². The van der Waals surface area contributed by atoms with E-state index in [4.69, 9.17) is 11.6 Å². The van der Waals surface area contributed by atoms with Crippen LogP contribution in [0.2, 0.25) is 5.15 Å². The summed E-state index contributed by atoms with van der Waals surface area (Å²) in [5.74, 6) is 0. The first kappa shape index (κ1) is 8.66. The van der Waals surface area contributed by atoms with Crippen molar-refractivity contribution in [3.63, 3.8) is 0 Å². The topological polar surface area (TPSA) is 25.8 Å². The molecule has 0 amide bonds. The Hall–Kier alpha value is -0.930. The number of aryl methyl sites for hydroxylation is 1. The van der Waals surface area contributed by atoms with E-state index in [0.717, 1.165) is 11.3 Å². The molecule has 2 heterocycles. The summed E-state index contributed by atoms with van der Waals surface area (Å²) in [6, 6.07) is 2.01. The van der Waals surface area contributed by atoms with E-state index < -0.39 is 0 Å². The minimum absolute atomic E-state index is 0.462. The predicted octanol–water partition coefficient (Wildman–Crippen LogP) is 3.17. The molecule has 0 spiro atoms. The fraction of sp³-hybridized carbons (Fsp3) is 0.111. The second-order valence-electron chi connectivity index (χ2n) is 2.59. The Kier molecular flexibility index (Phi) is 2.29. The zero-order chi connectivity index (χ0) is 9.26. The summed E-state index contributed by atoms with van der Waals surface area (Å²) in [6.45, 7) is 2.05. The summed E-state index contributed by atoms with van der Waals surface area (Å²) in [7, 11) is 0. The summed E-state index contributed by atoms with van der Waals surface area (Å²) >= 11 is 7.60. The van der Waals surface area contributed by atoms with E-state index in [-0.39, 0.29) is 0 Å². The van der Waals surface area contributed by atoms with Gasteiger partial charge in [0.05, 0.1) is 0 Å². The predicted molar refractivity (Wildman–Crippen MR) is 55.1 cm³/mol. The van der Waals surface area contributed by atoms with Crippen molar-refractivity contribution in [3.05, 3.63) is 33.9 Å². The molecule has 4 heteroatoms. The van der Waals surface area contributed by atoms with Gasteiger partial charge >= 0.3 is 0 Å². The first-order chi connectivity index (χ1) is 6.29. The molecule has 0 N–H and O–H groups in total. The van der Waals surface area contributed by atoms with Crippen molar-refractivity contribution in [2.24, 2.45) is 0 Å². The molecule has 2 aromatic rings. The maximum atomic E-state index is 5.92. The average Bonchev–Trinajstić information content (AvgIpc) is 2.52. The van der Waals surface area contributed by atoms with E-state index in [2.05, 4.69) is 9.97 Å². The monoisotopic (exact) mass is 210 g/mol. The van der Waals surface area contributed by atoms with Crippen LogP contribution >= 0.6 is 22.9 Å². The van der Waals surface area contributed by atoms with Crippen LogP contribution in [0.25, 0.3) is 11.3 Å². The fourth-order valence-corrected chi connectivity index (χ4v) is 2.04. The van der Waals surface area contributed by atoms with Crippen LogP contribution in [-0.4, -0.2) is 9.97 Å². The van der Waals surface area contributed by atoms with Gasteiger partial charge in [0.15, 0.2) is 5.15 Å². The Labute approximate surface area is 85.2 Å². The van der Waals surface area contributed by atoms with Crippen molar-refractivity contribution in [1.29, 1.82) is 0 Å². The van der Waals surface area contributed by atoms with Gasteiger partial charge in [-0.25, -0.2) is 4.98 Å². The van der Waals surface area contributed by atoms with Crippen LogP contribution in [0.4, 0.5) is 0 Å². The molecule has 0 saturated heterocycles. The Balaban J connectivity index is 2.59. The molecule has 0 fully saturated rings. The van der Waals surface area contributed by atoms with Crippen molar-refractivity contribution in [1.82, 2.24) is 9.97 Å². The lowest BCUT2D eigenvalue weighted by atomic mass is 10.2. The molecule has 0 aliphatic heterocycles. The number of rotatable bonds is 1. The Morgan fingerprint density at radius 2 is 2.08 bits per heavy atom. The zero-order valence-electron chi connectivity index (χ0n) is 6.99. The molecule has 0 aliphatic rings. The average molecular weight is 211 g/mol. The first-order valence-electron chi connectivity index (χ1n) is 3.80. The molecule has 2 nitrogen and oxygen atoms in total. The van der Waals surface area contributed by atoms with Crippen LogP contribution in [0.15, 0.2) is 23.8 Å². The highest BCUT2D eigenvalue weighted by molar-refractivity contribution is 7.10. The third-order valence-electron chi connectivity index (χ3n) is 1.77. The molecular formula is C9H7ClN2S. The van der Waals surface area contributed by atoms with Gasteiger partial charge in [0.1, 0.15) is 5.69 Å². The number of aromatic nitrogens is 2. The highest BCUT2D eigenvalue weighted by Crippen LogP contribution is 2.29. The molecule has 66 valence electrons. The lowest BCUT2D eigenvalue weighted by Gasteiger charge is -1.99. The number of nitrogens with zero attached hydrogens (tertiary/aromatic N) is 2. The van der Waals surface area contributed by atoms with E-state index >= 15 is 0 Å². The quantitative estimate of drug-likeness (QED) is 0.723. The molecule has 0 saturated carbocycles. The van der Waals surface area contributed by atoms with Gasteiger partial charge in [-0.1, -0.05) is 11.6 Å². The molecule has 0 atom stereocenters. The number of hydrogen-bond acceptors (Lipinski definition) is 3. The second kappa shape index (κ2) is 3.44. The summed E-state index contributed by atoms with van der Waals surface area (Å²) in [4.78, 5) is 9.39. The minimum Gasteiger partial charge on any atom is -0.251 e. The summed E-state index contributed by atoms with van der Waals surface area (Å²) in [5, 5.41) is 2.49. The molecule has 2 aromatic heterocycles. The van der Waals surface area contributed by atoms with E-state index in [0.29, 0.717) is 5.15 Å². The lowest BCUT2D eigenvalue weighted by Crippen LogP contribution is -1.86. The standard InChI is InChI=1S/C9H7ClN2S/c1-6-7(2-5-13-6)8-9(10)12-4-3-11-8/h2-5H,1H3. The SMILES string of the molecule is Cc1sccc1-c1nccnc1Cl. The highest BCUT2D eigenvalue weighted by Gasteiger charge is 2.08. The van der Waals surface area contributed by atoms with E-state index in [1.165, 1.54) is 4.88 Å². The van der Waals surface area contributed by atoms with Gasteiger partial charge in [0.25, 0.3) is 0 Å². The third kappa shape index (κ3) is 1.57. The second-order valence-corrected chi connectivity index (χ2v) is 4.06. The van der Waals surface area contributed by atoms with Crippen molar-refractivity contribution in [2.45, 2.75) is 6.92 Å². The van der Waals surface area contributed by atoms with Gasteiger partial charge in [-0.05, 0) is 18.4 Å². The van der Waals surface area contributed by atoms with Crippen LogP contribution in [-0.2, 0) is 0 Å².